The van der Waals surface area contributed by atoms with E-state index in [1.165, 1.54) is 11.9 Å². The normalized spacial score (nSPS) is 23.6. The van der Waals surface area contributed by atoms with Crippen LogP contribution in [0.1, 0.15) is 59.2 Å². The lowest BCUT2D eigenvalue weighted by Crippen LogP contribution is -2.46. The number of anilines is 2. The zero-order valence-electron chi connectivity index (χ0n) is 18.4. The van der Waals surface area contributed by atoms with E-state index in [2.05, 4.69) is 42.3 Å². The summed E-state index contributed by atoms with van der Waals surface area (Å²) in [6.45, 7) is 0.745. The van der Waals surface area contributed by atoms with Gasteiger partial charge in [0.2, 0.25) is 5.82 Å². The first-order valence-electron chi connectivity index (χ1n) is 11.6. The summed E-state index contributed by atoms with van der Waals surface area (Å²) in [6, 6.07) is 4.37. The summed E-state index contributed by atoms with van der Waals surface area (Å²) in [7, 11) is 0. The topological polar surface area (TPSA) is 137 Å². The Labute approximate surface area is 194 Å². The molecule has 11 nitrogen and oxygen atoms in total. The zero-order chi connectivity index (χ0) is 22.8. The highest BCUT2D eigenvalue weighted by Crippen LogP contribution is 2.43. The number of hydrogen-bond donors (Lipinski definition) is 3. The van der Waals surface area contributed by atoms with Gasteiger partial charge >= 0.3 is 0 Å². The van der Waals surface area contributed by atoms with Gasteiger partial charge in [0.1, 0.15) is 17.8 Å². The number of rotatable bonds is 3. The van der Waals surface area contributed by atoms with E-state index in [4.69, 9.17) is 10.7 Å². The summed E-state index contributed by atoms with van der Waals surface area (Å²) < 4.78 is 1.70. The van der Waals surface area contributed by atoms with Crippen molar-refractivity contribution in [1.29, 1.82) is 0 Å². The van der Waals surface area contributed by atoms with Gasteiger partial charge in [-0.3, -0.25) is 9.89 Å². The number of carbonyl (C=O) groups is 1. The first-order chi connectivity index (χ1) is 16.7. The van der Waals surface area contributed by atoms with Gasteiger partial charge in [-0.25, -0.2) is 9.97 Å². The van der Waals surface area contributed by atoms with Gasteiger partial charge in [-0.05, 0) is 43.4 Å². The van der Waals surface area contributed by atoms with Crippen molar-refractivity contribution < 1.29 is 4.79 Å². The smallest absolute Gasteiger partial charge is 0.291 e. The predicted octanol–water partition coefficient (Wildman–Crippen LogP) is 2.30. The van der Waals surface area contributed by atoms with Gasteiger partial charge in [-0.1, -0.05) is 0 Å². The van der Waals surface area contributed by atoms with Crippen LogP contribution >= 0.6 is 0 Å². The SMILES string of the molecule is Nc1cc([C@H]2C[C@H]3CC[C@@H](C2)N3C(=O)c2ncn[nH]2)nc2c(N3C=Cc4[nH]ccc4C3)cnn12. The molecule has 0 unspecified atom stereocenters. The lowest BCUT2D eigenvalue weighted by atomic mass is 9.87. The quantitative estimate of drug-likeness (QED) is 0.430. The van der Waals surface area contributed by atoms with Gasteiger partial charge in [-0.15, -0.1) is 0 Å². The summed E-state index contributed by atoms with van der Waals surface area (Å²) in [5.41, 5.74) is 11.4. The van der Waals surface area contributed by atoms with Gasteiger partial charge in [0, 0.05) is 54.4 Å². The fourth-order valence-electron chi connectivity index (χ4n) is 5.86. The van der Waals surface area contributed by atoms with Crippen LogP contribution in [0.3, 0.4) is 0 Å². The van der Waals surface area contributed by atoms with E-state index in [9.17, 15) is 4.79 Å². The summed E-state index contributed by atoms with van der Waals surface area (Å²) in [5, 5.41) is 11.0. The van der Waals surface area contributed by atoms with Crippen molar-refractivity contribution in [3.05, 3.63) is 59.8 Å². The lowest BCUT2D eigenvalue weighted by Gasteiger charge is -2.38. The summed E-state index contributed by atoms with van der Waals surface area (Å²) in [4.78, 5) is 29.5. The van der Waals surface area contributed by atoms with E-state index < -0.39 is 0 Å². The summed E-state index contributed by atoms with van der Waals surface area (Å²) >= 11 is 0. The van der Waals surface area contributed by atoms with Crippen molar-refractivity contribution in [1.82, 2.24) is 39.7 Å². The number of piperidine rings is 1. The minimum absolute atomic E-state index is 0.0644. The minimum Gasteiger partial charge on any atom is -0.384 e. The lowest BCUT2D eigenvalue weighted by molar-refractivity contribution is 0.0557. The number of nitrogen functional groups attached to an aromatic ring is 1. The second-order valence-electron chi connectivity index (χ2n) is 9.33. The molecule has 2 saturated heterocycles. The second kappa shape index (κ2) is 7.17. The molecule has 0 radical (unpaired) electrons. The second-order valence-corrected chi connectivity index (χ2v) is 9.33. The highest BCUT2D eigenvalue weighted by Gasteiger charge is 2.45. The number of amides is 1. The van der Waals surface area contributed by atoms with Crippen molar-refractivity contribution in [3.8, 4) is 0 Å². The Hall–Kier alpha value is -4.15. The van der Waals surface area contributed by atoms with Crippen molar-refractivity contribution in [2.75, 3.05) is 10.6 Å². The molecule has 7 heterocycles. The number of aromatic nitrogens is 7. The highest BCUT2D eigenvalue weighted by molar-refractivity contribution is 5.91. The number of nitrogens with zero attached hydrogens (tertiary/aromatic N) is 7. The van der Waals surface area contributed by atoms with Crippen LogP contribution in [-0.2, 0) is 6.54 Å². The fourth-order valence-corrected chi connectivity index (χ4v) is 5.86. The molecule has 3 aliphatic heterocycles. The minimum atomic E-state index is -0.0644. The molecule has 4 N–H and O–H groups in total. The number of hydrogen-bond acceptors (Lipinski definition) is 7. The van der Waals surface area contributed by atoms with Crippen LogP contribution in [0.2, 0.25) is 0 Å². The third-order valence-corrected chi connectivity index (χ3v) is 7.44. The Kier molecular flexibility index (Phi) is 4.08. The van der Waals surface area contributed by atoms with E-state index in [-0.39, 0.29) is 23.9 Å². The first kappa shape index (κ1) is 19.3. The predicted molar refractivity (Wildman–Crippen MR) is 125 cm³/mol. The Bertz CT molecular complexity index is 1400. The van der Waals surface area contributed by atoms with Crippen LogP contribution in [0.5, 0.6) is 0 Å². The number of H-pyrrole nitrogens is 2. The molecular formula is C23H24N10O. The van der Waals surface area contributed by atoms with Crippen LogP contribution in [0.15, 0.2) is 37.1 Å². The van der Waals surface area contributed by atoms with Crippen LogP contribution in [0, 0.1) is 0 Å². The van der Waals surface area contributed by atoms with Crippen LogP contribution in [-0.4, -0.2) is 57.7 Å². The standard InChI is InChI=1S/C23H24N10O/c24-20-9-18(14-7-15-1-2-16(8-14)32(15)23(34)21-26-12-27-30-21)29-22-19(10-28-33(20)22)31-6-4-17-13(11-31)3-5-25-17/h3-6,9-10,12,14-16,25H,1-2,7-8,11,24H2,(H,26,27,30)/t14-,15+,16-. The average Bonchev–Trinajstić information content (AvgIpc) is 3.64. The van der Waals surface area contributed by atoms with Gasteiger partial charge < -0.3 is 20.5 Å². The van der Waals surface area contributed by atoms with Gasteiger partial charge in [0.05, 0.1) is 6.20 Å². The molecule has 34 heavy (non-hydrogen) atoms. The van der Waals surface area contributed by atoms with Crippen molar-refractivity contribution in [2.24, 2.45) is 0 Å². The van der Waals surface area contributed by atoms with Crippen LogP contribution in [0.25, 0.3) is 11.7 Å². The number of aromatic amines is 2. The Balaban J connectivity index is 1.19. The molecule has 172 valence electrons. The Morgan fingerprint density at radius 3 is 2.85 bits per heavy atom. The van der Waals surface area contributed by atoms with Gasteiger partial charge in [-0.2, -0.15) is 14.7 Å². The van der Waals surface area contributed by atoms with E-state index >= 15 is 0 Å². The molecule has 11 heteroatoms. The maximum atomic E-state index is 13.0. The molecule has 0 saturated carbocycles. The van der Waals surface area contributed by atoms with E-state index in [1.54, 1.807) is 4.52 Å². The monoisotopic (exact) mass is 456 g/mol. The maximum absolute atomic E-state index is 13.0. The molecule has 4 aromatic heterocycles. The Morgan fingerprint density at radius 2 is 2.06 bits per heavy atom. The third kappa shape index (κ3) is 2.86. The van der Waals surface area contributed by atoms with Crippen molar-refractivity contribution >= 4 is 29.1 Å². The average molecular weight is 457 g/mol. The molecule has 3 aliphatic rings. The first-order valence-corrected chi connectivity index (χ1v) is 11.6. The summed E-state index contributed by atoms with van der Waals surface area (Å²) in [6.07, 6.45) is 13.0. The number of carbonyl (C=O) groups excluding carboxylic acids is 1. The number of nitrogens with two attached hydrogens (primary N) is 1. The zero-order valence-corrected chi connectivity index (χ0v) is 18.4. The number of fused-ring (bicyclic) bond motifs is 4. The van der Waals surface area contributed by atoms with E-state index in [0.29, 0.717) is 11.6 Å². The molecule has 4 aromatic rings. The summed E-state index contributed by atoms with van der Waals surface area (Å²) in [5.74, 6) is 1.05. The highest BCUT2D eigenvalue weighted by atomic mass is 16.2. The molecule has 2 fully saturated rings. The third-order valence-electron chi connectivity index (χ3n) is 7.44. The van der Waals surface area contributed by atoms with Crippen LogP contribution in [0.4, 0.5) is 11.5 Å². The molecule has 0 spiro atoms. The van der Waals surface area contributed by atoms with Gasteiger partial charge in [0.15, 0.2) is 5.65 Å². The van der Waals surface area contributed by atoms with E-state index in [0.717, 1.165) is 55.0 Å². The molecule has 3 atom stereocenters. The Morgan fingerprint density at radius 1 is 1.21 bits per heavy atom. The molecule has 1 amide bonds. The largest absolute Gasteiger partial charge is 0.384 e. The van der Waals surface area contributed by atoms with Crippen molar-refractivity contribution in [3.63, 3.8) is 0 Å². The maximum Gasteiger partial charge on any atom is 0.291 e. The van der Waals surface area contributed by atoms with Gasteiger partial charge in [0.25, 0.3) is 5.91 Å². The molecule has 0 aromatic carbocycles. The van der Waals surface area contributed by atoms with E-state index in [1.807, 2.05) is 29.6 Å². The van der Waals surface area contributed by atoms with Crippen molar-refractivity contribution in [2.45, 2.75) is 50.2 Å². The fraction of sp³-hybridized carbons (Fsp3) is 0.348. The van der Waals surface area contributed by atoms with Crippen LogP contribution < -0.4 is 10.6 Å². The molecular weight excluding hydrogens is 432 g/mol. The molecule has 2 bridgehead atoms. The molecule has 0 aliphatic carbocycles. The number of nitrogens with one attached hydrogen (secondary N) is 2. The molecule has 7 rings (SSSR count).